The van der Waals surface area contributed by atoms with Crippen LogP contribution >= 0.6 is 11.3 Å². The number of phenols is 1. The highest BCUT2D eigenvalue weighted by molar-refractivity contribution is 7.15. The number of Topliss-reactive ketones (excluding diaryl/α,β-unsaturated/α-hetero) is 1. The van der Waals surface area contributed by atoms with E-state index < -0.39 is 0 Å². The molecule has 3 heterocycles. The molecule has 76 heavy (non-hydrogen) atoms. The minimum atomic E-state index is -0.0938. The van der Waals surface area contributed by atoms with Crippen molar-refractivity contribution in [2.75, 3.05) is 64.1 Å². The van der Waals surface area contributed by atoms with Crippen LogP contribution in [0.2, 0.25) is 0 Å². The van der Waals surface area contributed by atoms with E-state index >= 15 is 0 Å². The van der Waals surface area contributed by atoms with Gasteiger partial charge in [-0.05, 0) is 119 Å². The predicted molar refractivity (Wildman–Crippen MR) is 307 cm³/mol. The number of aldehydes is 2. The van der Waals surface area contributed by atoms with E-state index in [0.29, 0.717) is 62.3 Å². The fourth-order valence-corrected chi connectivity index (χ4v) is 8.90. The second-order valence-electron chi connectivity index (χ2n) is 17.8. The zero-order valence-electron chi connectivity index (χ0n) is 45.7. The van der Waals surface area contributed by atoms with Crippen molar-refractivity contribution in [3.63, 3.8) is 0 Å². The Labute approximate surface area is 452 Å². The number of thiophene rings is 1. The summed E-state index contributed by atoms with van der Waals surface area (Å²) in [5, 5.41) is 34.0. The lowest BCUT2D eigenvalue weighted by Crippen LogP contribution is -2.28. The topological polar surface area (TPSA) is 234 Å². The smallest absolute Gasteiger partial charge is 0.219 e. The first-order valence-corrected chi connectivity index (χ1v) is 26.5. The Hall–Kier alpha value is -7.30. The van der Waals surface area contributed by atoms with Gasteiger partial charge >= 0.3 is 0 Å². The Balaban J connectivity index is 0.000000277. The molecule has 0 aliphatic carbocycles. The molecule has 18 heteroatoms. The van der Waals surface area contributed by atoms with Crippen molar-refractivity contribution in [3.05, 3.63) is 118 Å². The second kappa shape index (κ2) is 34.3. The minimum Gasteiger partial charge on any atom is -0.508 e. The number of terminal acetylenes is 1. The Morgan fingerprint density at radius 1 is 0.934 bits per heavy atom. The first-order valence-electron chi connectivity index (χ1n) is 25.6. The summed E-state index contributed by atoms with van der Waals surface area (Å²) in [5.74, 6) is 5.73. The summed E-state index contributed by atoms with van der Waals surface area (Å²) in [4.78, 5) is 62.2. The molecule has 0 fully saturated rings. The molecule has 0 spiro atoms. The summed E-state index contributed by atoms with van der Waals surface area (Å²) >= 11 is 1.70. The molecule has 2 unspecified atom stereocenters. The molecule has 6 rings (SSSR count). The van der Waals surface area contributed by atoms with Gasteiger partial charge in [-0.3, -0.25) is 19.0 Å². The summed E-state index contributed by atoms with van der Waals surface area (Å²) < 4.78 is 7.56. The number of phenolic OH excluding ortho intramolecular Hbond substituents is 1. The number of hydrogen-bond donors (Lipinski definition) is 7. The predicted octanol–water partition coefficient (Wildman–Crippen LogP) is 8.91. The van der Waals surface area contributed by atoms with E-state index in [1.807, 2.05) is 69.4 Å². The van der Waals surface area contributed by atoms with E-state index in [4.69, 9.17) is 11.2 Å². The summed E-state index contributed by atoms with van der Waals surface area (Å²) in [6.45, 7) is 23.1. The van der Waals surface area contributed by atoms with E-state index in [9.17, 15) is 29.1 Å². The number of ether oxygens (including phenoxy) is 1. The third kappa shape index (κ3) is 19.8. The van der Waals surface area contributed by atoms with Gasteiger partial charge in [0.2, 0.25) is 12.3 Å². The molecule has 17 nitrogen and oxygen atoms in total. The Morgan fingerprint density at radius 3 is 2.24 bits per heavy atom. The fraction of sp³-hybridized carbons (Fsp3) is 0.414. The van der Waals surface area contributed by atoms with Crippen molar-refractivity contribution in [1.82, 2.24) is 40.7 Å². The zero-order valence-corrected chi connectivity index (χ0v) is 46.5. The average Bonchev–Trinajstić information content (AvgIpc) is 4.12. The van der Waals surface area contributed by atoms with Gasteiger partial charge in [0.05, 0.1) is 30.2 Å². The van der Waals surface area contributed by atoms with Gasteiger partial charge in [-0.25, -0.2) is 4.98 Å². The number of carbonyl (C=O) groups is 5. The third-order valence-electron chi connectivity index (χ3n) is 12.5. The minimum absolute atomic E-state index is 0.000891. The maximum Gasteiger partial charge on any atom is 0.219 e. The van der Waals surface area contributed by atoms with Crippen molar-refractivity contribution >= 4 is 70.0 Å². The maximum atomic E-state index is 11.4. The lowest BCUT2D eigenvalue weighted by Gasteiger charge is -2.15. The van der Waals surface area contributed by atoms with Crippen LogP contribution in [0.4, 0.5) is 11.4 Å². The summed E-state index contributed by atoms with van der Waals surface area (Å²) in [7, 11) is 3.55. The number of nitrogens with one attached hydrogen (secondary N) is 6. The number of rotatable bonds is 27. The molecule has 3 aromatic heterocycles. The number of aromatic amines is 1. The monoisotopic (exact) mass is 1060 g/mol. The van der Waals surface area contributed by atoms with Gasteiger partial charge in [-0.2, -0.15) is 0 Å². The molecular formula is C58H78N10O7S. The van der Waals surface area contributed by atoms with Crippen LogP contribution in [0.3, 0.4) is 0 Å². The third-order valence-corrected chi connectivity index (χ3v) is 13.7. The van der Waals surface area contributed by atoms with E-state index in [1.165, 1.54) is 17.4 Å². The molecule has 7 N–H and O–H groups in total. The van der Waals surface area contributed by atoms with Gasteiger partial charge in [0.25, 0.3) is 0 Å². The van der Waals surface area contributed by atoms with Crippen LogP contribution in [-0.4, -0.2) is 114 Å². The number of hydrogen-bond acceptors (Lipinski definition) is 14. The number of aromatic hydroxyl groups is 1. The highest BCUT2D eigenvalue weighted by Gasteiger charge is 2.25. The number of H-pyrrole nitrogens is 1. The number of aromatic nitrogens is 5. The maximum absolute atomic E-state index is 11.4. The lowest BCUT2D eigenvalue weighted by atomic mass is 9.89. The van der Waals surface area contributed by atoms with Crippen LogP contribution < -0.4 is 26.6 Å². The van der Waals surface area contributed by atoms with Crippen molar-refractivity contribution in [3.8, 4) is 23.1 Å². The van der Waals surface area contributed by atoms with Crippen LogP contribution in [0.1, 0.15) is 115 Å². The quantitative estimate of drug-likeness (QED) is 0.0111. The molecule has 408 valence electrons. The van der Waals surface area contributed by atoms with Crippen molar-refractivity contribution in [2.45, 2.75) is 92.9 Å². The Kier molecular flexibility index (Phi) is 28.4. The number of likely N-dealkylation sites (N-methyl/N-ethyl adjacent to an activating group) is 1. The van der Waals surface area contributed by atoms with E-state index in [-0.39, 0.29) is 29.3 Å². The standard InChI is InChI=1S/C22H23N3OS.C14H24N4O2.C12H12N2O2.C10H19NO2/c1-7-17(8-2)21-24-23-16(6)25(21)22-20(13(3)15(5)27-22)14(4)18-9-11-19(26)12-10-18;1-15-6-7-16-8-10-20-11-9-17-13-2-4-14(5-3-13)18-12-19;1-8(16)9-4-2-5-10-12(9)14-11(13-10)6-3-7-15;1-4-8(2)9(7-12)5-6-10(13)11-3/h1,9-12,17,26H,4,8H2,2-3,5-6H3;2-5,12,15-17H,6-11H2,1H3,(H,18,19);2,4-5,7H,3,6H2,1H3,(H,13,14);7-9H,4-6H2,1-3H3,(H,11,13)/t17-;;;/m0.../s1. The summed E-state index contributed by atoms with van der Waals surface area (Å²) in [6, 6.07) is 20.1. The number of benzene rings is 3. The highest BCUT2D eigenvalue weighted by atomic mass is 32.1. The molecule has 0 bridgehead atoms. The van der Waals surface area contributed by atoms with Gasteiger partial charge in [-0.1, -0.05) is 57.9 Å². The van der Waals surface area contributed by atoms with Crippen LogP contribution in [0, 0.1) is 45.0 Å². The summed E-state index contributed by atoms with van der Waals surface area (Å²) in [6.07, 6.45) is 12.2. The molecule has 0 radical (unpaired) electrons. The number of imidazole rings is 1. The lowest BCUT2D eigenvalue weighted by molar-refractivity contribution is -0.121. The molecular weight excluding hydrogens is 981 g/mol. The Morgan fingerprint density at radius 2 is 1.63 bits per heavy atom. The van der Waals surface area contributed by atoms with Gasteiger partial charge in [-0.15, -0.1) is 28.0 Å². The van der Waals surface area contributed by atoms with Crippen molar-refractivity contribution in [2.24, 2.45) is 11.8 Å². The molecule has 6 aromatic rings. The number of carbonyl (C=O) groups excluding carboxylic acids is 5. The van der Waals surface area contributed by atoms with Crippen molar-refractivity contribution < 1.29 is 33.8 Å². The molecule has 0 aliphatic heterocycles. The number of ketones is 1. The van der Waals surface area contributed by atoms with Crippen LogP contribution in [0.25, 0.3) is 21.6 Å². The normalized spacial score (nSPS) is 11.7. The fourth-order valence-electron chi connectivity index (χ4n) is 7.66. The number of fused-ring (bicyclic) bond motifs is 1. The molecule has 3 atom stereocenters. The molecule has 0 saturated carbocycles. The number of nitrogens with zero attached hydrogens (tertiary/aromatic N) is 4. The SMILES string of the molecule is C#C[C@@H](CC)c1nnc(C)n1-c1sc(C)c(C)c1C(=C)c1ccc(O)cc1.CC(=O)c1cccc2[nH]c(CCC=O)nc12.CCC(C)C(C=O)CCC(=O)NC.CNCCNCCOCCNc1ccc(NC=O)cc1. The number of anilines is 2. The molecule has 3 aromatic carbocycles. The zero-order chi connectivity index (χ0) is 56.0. The van der Waals surface area contributed by atoms with Crippen LogP contribution in [0.5, 0.6) is 5.75 Å². The van der Waals surface area contributed by atoms with E-state index in [1.54, 1.807) is 36.6 Å². The van der Waals surface area contributed by atoms with Gasteiger partial charge in [0.15, 0.2) is 11.6 Å². The van der Waals surface area contributed by atoms with Crippen LogP contribution in [-0.2, 0) is 30.3 Å². The summed E-state index contributed by atoms with van der Waals surface area (Å²) in [5.41, 5.74) is 8.06. The Bertz CT molecular complexity index is 2790. The molecule has 2 amide bonds. The van der Waals surface area contributed by atoms with Gasteiger partial charge < -0.3 is 51.0 Å². The molecule has 0 aliphatic rings. The van der Waals surface area contributed by atoms with Gasteiger partial charge in [0.1, 0.15) is 35.0 Å². The number of para-hydroxylation sites is 1. The largest absolute Gasteiger partial charge is 0.508 e. The second-order valence-corrected chi connectivity index (χ2v) is 19.0. The van der Waals surface area contributed by atoms with E-state index in [0.717, 1.165) is 108 Å². The highest BCUT2D eigenvalue weighted by Crippen LogP contribution is 2.40. The average molecular weight is 1060 g/mol. The number of amides is 2. The van der Waals surface area contributed by atoms with Gasteiger partial charge in [0, 0.05) is 85.8 Å². The van der Waals surface area contributed by atoms with E-state index in [2.05, 4.69) is 91.5 Å². The first-order chi connectivity index (χ1) is 36.6. The number of aryl methyl sites for hydroxylation is 3. The molecule has 0 saturated heterocycles. The van der Waals surface area contributed by atoms with Crippen molar-refractivity contribution in [1.29, 1.82) is 0 Å². The van der Waals surface area contributed by atoms with Crippen LogP contribution in [0.15, 0.2) is 73.3 Å². The first kappa shape index (κ1) is 63.0.